The van der Waals surface area contributed by atoms with Crippen LogP contribution in [0.5, 0.6) is 0 Å². The third-order valence-electron chi connectivity index (χ3n) is 5.35. The number of hydrogen-bond acceptors (Lipinski definition) is 4. The summed E-state index contributed by atoms with van der Waals surface area (Å²) in [6.07, 6.45) is 10.2. The van der Waals surface area contributed by atoms with Gasteiger partial charge in [-0.2, -0.15) is 0 Å². The number of piperidine rings is 1. The molecule has 158 valence electrons. The van der Waals surface area contributed by atoms with Gasteiger partial charge in [-0.1, -0.05) is 25.7 Å². The minimum Gasteiger partial charge on any atom is -0.376 e. The van der Waals surface area contributed by atoms with Gasteiger partial charge in [0, 0.05) is 39.8 Å². The first-order valence-corrected chi connectivity index (χ1v) is 10.2. The van der Waals surface area contributed by atoms with Crippen molar-refractivity contribution in [2.45, 2.75) is 63.5 Å². The molecule has 7 nitrogen and oxygen atoms in total. The Morgan fingerprint density at radius 2 is 1.78 bits per heavy atom. The topological polar surface area (TPSA) is 78.0 Å². The fourth-order valence-corrected chi connectivity index (χ4v) is 3.71. The van der Waals surface area contributed by atoms with Gasteiger partial charge in [-0.15, -0.1) is 24.0 Å². The number of rotatable bonds is 7. The second-order valence-electron chi connectivity index (χ2n) is 7.35. The lowest BCUT2D eigenvalue weighted by atomic mass is 10.1. The maximum atomic E-state index is 11.5. The van der Waals surface area contributed by atoms with Crippen LogP contribution in [0.4, 0.5) is 0 Å². The zero-order chi connectivity index (χ0) is 18.6. The number of hydrogen-bond donors (Lipinski definition) is 3. The van der Waals surface area contributed by atoms with Gasteiger partial charge in [0.25, 0.3) is 0 Å². The maximum absolute atomic E-state index is 11.5. The van der Waals surface area contributed by atoms with Gasteiger partial charge in [-0.05, 0) is 25.7 Å². The van der Waals surface area contributed by atoms with Gasteiger partial charge in [0.1, 0.15) is 0 Å². The Hall–Kier alpha value is -0.610. The zero-order valence-corrected chi connectivity index (χ0v) is 19.3. The molecule has 0 aromatic rings. The molecule has 3 N–H and O–H groups in total. The monoisotopic (exact) mass is 495 g/mol. The lowest BCUT2D eigenvalue weighted by molar-refractivity contribution is -0.122. The number of nitrogens with one attached hydrogen (secondary N) is 3. The molecule has 0 atom stereocenters. The van der Waals surface area contributed by atoms with E-state index in [2.05, 4.69) is 25.8 Å². The molecule has 0 spiro atoms. The molecule has 8 heteroatoms. The standard InChI is InChI=1S/C19H37N5O2.HI/c1-20-18(25)15-24-12-9-16(10-13-24)23-19(21-2)22-11-14-26-17-7-5-3-4-6-8-17;/h16-17H,3-15H2,1-2H3,(H,20,25)(H2,21,22,23);1H. The van der Waals surface area contributed by atoms with E-state index in [1.807, 2.05) is 7.05 Å². The lowest BCUT2D eigenvalue weighted by Crippen LogP contribution is -2.50. The summed E-state index contributed by atoms with van der Waals surface area (Å²) in [5.41, 5.74) is 0. The Kier molecular flexibility index (Phi) is 13.0. The van der Waals surface area contributed by atoms with Crippen molar-refractivity contribution in [1.82, 2.24) is 20.9 Å². The summed E-state index contributed by atoms with van der Waals surface area (Å²) in [4.78, 5) is 18.0. The molecule has 0 aromatic heterocycles. The van der Waals surface area contributed by atoms with Gasteiger partial charge in [0.15, 0.2) is 5.96 Å². The maximum Gasteiger partial charge on any atom is 0.233 e. The molecule has 27 heavy (non-hydrogen) atoms. The Morgan fingerprint density at radius 1 is 1.11 bits per heavy atom. The number of guanidine groups is 1. The molecule has 0 bridgehead atoms. The van der Waals surface area contributed by atoms with Crippen molar-refractivity contribution in [3.8, 4) is 0 Å². The molecule has 0 unspecified atom stereocenters. The van der Waals surface area contributed by atoms with Crippen LogP contribution in [-0.2, 0) is 9.53 Å². The molecule has 2 fully saturated rings. The predicted octanol–water partition coefficient (Wildman–Crippen LogP) is 1.72. The molecule has 0 aromatic carbocycles. The number of likely N-dealkylation sites (N-methyl/N-ethyl adjacent to an activating group) is 1. The highest BCUT2D eigenvalue weighted by atomic mass is 127. The highest BCUT2D eigenvalue weighted by molar-refractivity contribution is 14.0. The van der Waals surface area contributed by atoms with Crippen molar-refractivity contribution in [2.24, 2.45) is 4.99 Å². The first kappa shape index (κ1) is 24.4. The highest BCUT2D eigenvalue weighted by Gasteiger charge is 2.21. The van der Waals surface area contributed by atoms with Crippen LogP contribution in [0.3, 0.4) is 0 Å². The quantitative estimate of drug-likeness (QED) is 0.165. The third kappa shape index (κ3) is 9.94. The molecule has 1 saturated carbocycles. The number of halogens is 1. The van der Waals surface area contributed by atoms with Crippen LogP contribution in [0, 0.1) is 0 Å². The van der Waals surface area contributed by atoms with Crippen LogP contribution >= 0.6 is 24.0 Å². The summed E-state index contributed by atoms with van der Waals surface area (Å²) in [5.74, 6) is 0.932. The van der Waals surface area contributed by atoms with Crippen LogP contribution in [0.1, 0.15) is 51.4 Å². The van der Waals surface area contributed by atoms with E-state index in [0.29, 0.717) is 18.7 Å². The smallest absolute Gasteiger partial charge is 0.233 e. The van der Waals surface area contributed by atoms with E-state index >= 15 is 0 Å². The molecule has 1 aliphatic carbocycles. The number of amides is 1. The number of carbonyl (C=O) groups is 1. The summed E-state index contributed by atoms with van der Waals surface area (Å²) in [5, 5.41) is 9.54. The van der Waals surface area contributed by atoms with Gasteiger partial charge in [0.05, 0.1) is 19.3 Å². The van der Waals surface area contributed by atoms with Crippen LogP contribution in [0.25, 0.3) is 0 Å². The molecular weight excluding hydrogens is 457 g/mol. The Balaban J connectivity index is 0.00000364. The molecule has 1 amide bonds. The second-order valence-corrected chi connectivity index (χ2v) is 7.35. The summed E-state index contributed by atoms with van der Waals surface area (Å²) in [7, 11) is 3.49. The number of aliphatic imine (C=N–C) groups is 1. The minimum atomic E-state index is 0. The van der Waals surface area contributed by atoms with Crippen LogP contribution in [-0.4, -0.2) is 75.8 Å². The van der Waals surface area contributed by atoms with Gasteiger partial charge in [-0.25, -0.2) is 0 Å². The minimum absolute atomic E-state index is 0. The number of nitrogens with zero attached hydrogens (tertiary/aromatic N) is 2. The van der Waals surface area contributed by atoms with E-state index in [4.69, 9.17) is 4.74 Å². The average molecular weight is 495 g/mol. The molecule has 1 aliphatic heterocycles. The van der Waals surface area contributed by atoms with E-state index in [0.717, 1.165) is 45.0 Å². The number of ether oxygens (including phenoxy) is 1. The van der Waals surface area contributed by atoms with Gasteiger partial charge >= 0.3 is 0 Å². The third-order valence-corrected chi connectivity index (χ3v) is 5.35. The van der Waals surface area contributed by atoms with Gasteiger partial charge in [-0.3, -0.25) is 14.7 Å². The summed E-state index contributed by atoms with van der Waals surface area (Å²) >= 11 is 0. The normalized spacial score (nSPS) is 20.4. The predicted molar refractivity (Wildman–Crippen MR) is 121 cm³/mol. The van der Waals surface area contributed by atoms with Crippen molar-refractivity contribution >= 4 is 35.8 Å². The zero-order valence-electron chi connectivity index (χ0n) is 17.0. The molecule has 1 heterocycles. The average Bonchev–Trinajstić information content (AvgIpc) is 2.94. The van der Waals surface area contributed by atoms with E-state index in [1.54, 1.807) is 7.05 Å². The molecule has 0 radical (unpaired) electrons. The Bertz CT molecular complexity index is 434. The first-order valence-electron chi connectivity index (χ1n) is 10.2. The van der Waals surface area contributed by atoms with E-state index in [9.17, 15) is 4.79 Å². The van der Waals surface area contributed by atoms with Crippen molar-refractivity contribution in [1.29, 1.82) is 0 Å². The number of likely N-dealkylation sites (tertiary alicyclic amines) is 1. The fraction of sp³-hybridized carbons (Fsp3) is 0.895. The Morgan fingerprint density at radius 3 is 2.37 bits per heavy atom. The molecule has 1 saturated heterocycles. The van der Waals surface area contributed by atoms with Crippen molar-refractivity contribution in [3.05, 3.63) is 0 Å². The SMILES string of the molecule is CN=C(NCCOC1CCCCCC1)NC1CCN(CC(=O)NC)CC1.I. The lowest BCUT2D eigenvalue weighted by Gasteiger charge is -2.32. The van der Waals surface area contributed by atoms with Crippen molar-refractivity contribution < 1.29 is 9.53 Å². The molecule has 2 rings (SSSR count). The molecular formula is C19H38IN5O2. The fourth-order valence-electron chi connectivity index (χ4n) is 3.71. The van der Waals surface area contributed by atoms with Crippen molar-refractivity contribution in [2.75, 3.05) is 46.9 Å². The number of carbonyl (C=O) groups excluding carboxylic acids is 1. The summed E-state index contributed by atoms with van der Waals surface area (Å²) < 4.78 is 6.02. The van der Waals surface area contributed by atoms with E-state index < -0.39 is 0 Å². The van der Waals surface area contributed by atoms with E-state index in [1.165, 1.54) is 38.5 Å². The van der Waals surface area contributed by atoms with Gasteiger partial charge < -0.3 is 20.7 Å². The van der Waals surface area contributed by atoms with E-state index in [-0.39, 0.29) is 29.9 Å². The van der Waals surface area contributed by atoms with Crippen molar-refractivity contribution in [3.63, 3.8) is 0 Å². The largest absolute Gasteiger partial charge is 0.376 e. The second kappa shape index (κ2) is 14.4. The molecule has 2 aliphatic rings. The van der Waals surface area contributed by atoms with Crippen LogP contribution < -0.4 is 16.0 Å². The highest BCUT2D eigenvalue weighted by Crippen LogP contribution is 2.19. The van der Waals surface area contributed by atoms with Crippen LogP contribution in [0.15, 0.2) is 4.99 Å². The van der Waals surface area contributed by atoms with Crippen LogP contribution in [0.2, 0.25) is 0 Å². The Labute approximate surface area is 181 Å². The first-order chi connectivity index (χ1) is 12.7. The summed E-state index contributed by atoms with van der Waals surface area (Å²) in [6, 6.07) is 0.407. The van der Waals surface area contributed by atoms with Gasteiger partial charge in [0.2, 0.25) is 5.91 Å². The summed E-state index contributed by atoms with van der Waals surface area (Å²) in [6.45, 7) is 3.88.